The van der Waals surface area contributed by atoms with Gasteiger partial charge in [0.15, 0.2) is 11.5 Å². The smallest absolute Gasteiger partial charge is 0.329 e. The topological polar surface area (TPSA) is 69.0 Å². The molecule has 1 unspecified atom stereocenters. The molecule has 0 saturated carbocycles. The van der Waals surface area contributed by atoms with Crippen LogP contribution < -0.4 is 9.64 Å². The molecule has 3 rings (SSSR count). The van der Waals surface area contributed by atoms with Gasteiger partial charge >= 0.3 is 5.97 Å². The molecule has 0 bridgehead atoms. The number of carbonyl (C=O) groups is 2. The van der Waals surface area contributed by atoms with Gasteiger partial charge in [0.1, 0.15) is 6.04 Å². The summed E-state index contributed by atoms with van der Waals surface area (Å²) in [6.45, 7) is 0.258. The minimum atomic E-state index is -0.750. The molecule has 0 aliphatic carbocycles. The molecule has 1 aliphatic heterocycles. The molecule has 1 aromatic carbocycles. The first-order valence-electron chi connectivity index (χ1n) is 6.99. The summed E-state index contributed by atoms with van der Waals surface area (Å²) < 4.78 is 15.5. The number of para-hydroxylation sites is 1. The van der Waals surface area contributed by atoms with Gasteiger partial charge in [-0.3, -0.25) is 9.69 Å². The van der Waals surface area contributed by atoms with Crippen LogP contribution in [0.4, 0.5) is 5.69 Å². The summed E-state index contributed by atoms with van der Waals surface area (Å²) in [5.41, 5.74) is 0.394. The number of benzene rings is 1. The van der Waals surface area contributed by atoms with Crippen molar-refractivity contribution in [1.82, 2.24) is 0 Å². The van der Waals surface area contributed by atoms with Crippen molar-refractivity contribution in [2.75, 3.05) is 18.6 Å². The van der Waals surface area contributed by atoms with Crippen LogP contribution in [0.5, 0.6) is 5.75 Å². The number of nitrogens with zero attached hydrogens (tertiary/aromatic N) is 1. The third-order valence-corrected chi connectivity index (χ3v) is 3.88. The van der Waals surface area contributed by atoms with Gasteiger partial charge in [-0.25, -0.2) is 4.79 Å². The van der Waals surface area contributed by atoms with Gasteiger partial charge in [0.05, 0.1) is 30.7 Å². The van der Waals surface area contributed by atoms with Crippen molar-refractivity contribution < 1.29 is 23.5 Å². The Labute approximate surface area is 137 Å². The third kappa shape index (κ3) is 2.77. The average molecular weight is 336 g/mol. The zero-order chi connectivity index (χ0) is 16.4. The first kappa shape index (κ1) is 15.4. The largest absolute Gasteiger partial charge is 0.493 e. The summed E-state index contributed by atoms with van der Waals surface area (Å²) in [5.74, 6) is -0.494. The summed E-state index contributed by atoms with van der Waals surface area (Å²) in [5, 5.41) is 0.341. The van der Waals surface area contributed by atoms with E-state index in [9.17, 15) is 9.59 Å². The summed E-state index contributed by atoms with van der Waals surface area (Å²) in [7, 11) is 1.45. The highest BCUT2D eigenvalue weighted by Crippen LogP contribution is 2.38. The number of rotatable bonds is 4. The number of cyclic esters (lactones) is 1. The fourth-order valence-electron chi connectivity index (χ4n) is 2.55. The molecule has 1 aromatic heterocycles. The quantitative estimate of drug-likeness (QED) is 0.803. The second-order valence-electron chi connectivity index (χ2n) is 4.92. The number of amides is 1. The van der Waals surface area contributed by atoms with E-state index in [1.807, 2.05) is 0 Å². The van der Waals surface area contributed by atoms with Crippen molar-refractivity contribution >= 4 is 29.2 Å². The molecule has 7 heteroatoms. The molecule has 1 fully saturated rings. The summed E-state index contributed by atoms with van der Waals surface area (Å²) >= 11 is 6.14. The van der Waals surface area contributed by atoms with Crippen molar-refractivity contribution in [1.29, 1.82) is 0 Å². The lowest BCUT2D eigenvalue weighted by Gasteiger charge is -2.27. The molecule has 1 aliphatic rings. The molecule has 23 heavy (non-hydrogen) atoms. The Balaban J connectivity index is 2.11. The zero-order valence-corrected chi connectivity index (χ0v) is 13.1. The Morgan fingerprint density at radius 1 is 1.35 bits per heavy atom. The van der Waals surface area contributed by atoms with Gasteiger partial charge in [0, 0.05) is 6.42 Å². The lowest BCUT2D eigenvalue weighted by Crippen LogP contribution is -2.43. The minimum absolute atomic E-state index is 0.117. The minimum Gasteiger partial charge on any atom is -0.493 e. The van der Waals surface area contributed by atoms with Crippen LogP contribution in [0.1, 0.15) is 17.0 Å². The normalized spacial score (nSPS) is 17.0. The molecule has 0 spiro atoms. The van der Waals surface area contributed by atoms with Gasteiger partial charge in [0.2, 0.25) is 0 Å². The Hall–Kier alpha value is -2.47. The number of ether oxygens (including phenoxy) is 2. The first-order chi connectivity index (χ1) is 11.1. The van der Waals surface area contributed by atoms with Crippen molar-refractivity contribution in [3.8, 4) is 5.75 Å². The van der Waals surface area contributed by atoms with Gasteiger partial charge in [-0.15, -0.1) is 0 Å². The molecular formula is C16H14ClNO5. The summed E-state index contributed by atoms with van der Waals surface area (Å²) in [6.07, 6.45) is 1.79. The highest BCUT2D eigenvalue weighted by Gasteiger charge is 2.39. The van der Waals surface area contributed by atoms with Crippen LogP contribution in [0.3, 0.4) is 0 Å². The van der Waals surface area contributed by atoms with Crippen LogP contribution in [-0.4, -0.2) is 31.6 Å². The van der Waals surface area contributed by atoms with Crippen LogP contribution in [0, 0.1) is 0 Å². The Morgan fingerprint density at radius 2 is 2.17 bits per heavy atom. The highest BCUT2D eigenvalue weighted by molar-refractivity contribution is 6.32. The van der Waals surface area contributed by atoms with Crippen LogP contribution in [-0.2, 0) is 9.53 Å². The molecule has 2 heterocycles. The van der Waals surface area contributed by atoms with Gasteiger partial charge in [-0.2, -0.15) is 0 Å². The van der Waals surface area contributed by atoms with E-state index in [1.165, 1.54) is 24.3 Å². The number of methoxy groups -OCH3 is 1. The lowest BCUT2D eigenvalue weighted by molar-refractivity contribution is -0.139. The number of carbonyl (C=O) groups excluding carboxylic acids is 2. The standard InChI is InChI=1S/C16H14ClNO5/c1-21-14-10(17)4-2-5-11(14)18(12-7-9-23-16(12)20)15(19)13-6-3-8-22-13/h2-6,8,12H,7,9H2,1H3. The van der Waals surface area contributed by atoms with E-state index in [0.29, 0.717) is 22.9 Å². The van der Waals surface area contributed by atoms with Gasteiger partial charge in [-0.05, 0) is 24.3 Å². The molecule has 0 N–H and O–H groups in total. The van der Waals surface area contributed by atoms with Crippen LogP contribution in [0.15, 0.2) is 41.0 Å². The van der Waals surface area contributed by atoms with E-state index >= 15 is 0 Å². The number of hydrogen-bond donors (Lipinski definition) is 0. The monoisotopic (exact) mass is 335 g/mol. The summed E-state index contributed by atoms with van der Waals surface area (Å²) in [4.78, 5) is 26.2. The van der Waals surface area contributed by atoms with E-state index in [1.54, 1.807) is 24.3 Å². The zero-order valence-electron chi connectivity index (χ0n) is 12.3. The number of furan rings is 1. The number of anilines is 1. The molecule has 1 saturated heterocycles. The molecule has 1 amide bonds. The van der Waals surface area contributed by atoms with E-state index < -0.39 is 17.9 Å². The van der Waals surface area contributed by atoms with Crippen molar-refractivity contribution in [2.24, 2.45) is 0 Å². The average Bonchev–Trinajstić information content (AvgIpc) is 3.20. The van der Waals surface area contributed by atoms with Crippen LogP contribution >= 0.6 is 11.6 Å². The van der Waals surface area contributed by atoms with E-state index in [-0.39, 0.29) is 12.4 Å². The Kier molecular flexibility index (Phi) is 4.25. The van der Waals surface area contributed by atoms with Gasteiger partial charge < -0.3 is 13.9 Å². The predicted octanol–water partition coefficient (Wildman–Crippen LogP) is 2.90. The van der Waals surface area contributed by atoms with Crippen LogP contribution in [0.2, 0.25) is 5.02 Å². The Morgan fingerprint density at radius 3 is 2.78 bits per heavy atom. The van der Waals surface area contributed by atoms with Crippen LogP contribution in [0.25, 0.3) is 0 Å². The molecule has 2 aromatic rings. The maximum Gasteiger partial charge on any atom is 0.329 e. The SMILES string of the molecule is COc1c(Cl)cccc1N(C(=O)c1ccco1)C1CCOC1=O. The van der Waals surface area contributed by atoms with Gasteiger partial charge in [0.25, 0.3) is 5.91 Å². The third-order valence-electron chi connectivity index (χ3n) is 3.58. The van der Waals surface area contributed by atoms with Crippen molar-refractivity contribution in [3.63, 3.8) is 0 Å². The maximum atomic E-state index is 12.8. The second-order valence-corrected chi connectivity index (χ2v) is 5.32. The fraction of sp³-hybridized carbons (Fsp3) is 0.250. The van der Waals surface area contributed by atoms with Crippen molar-refractivity contribution in [3.05, 3.63) is 47.4 Å². The lowest BCUT2D eigenvalue weighted by atomic mass is 10.1. The maximum absolute atomic E-state index is 12.8. The molecule has 120 valence electrons. The first-order valence-corrected chi connectivity index (χ1v) is 7.37. The number of halogens is 1. The predicted molar refractivity (Wildman–Crippen MR) is 82.9 cm³/mol. The van der Waals surface area contributed by atoms with Crippen molar-refractivity contribution in [2.45, 2.75) is 12.5 Å². The molecule has 0 radical (unpaired) electrons. The van der Waals surface area contributed by atoms with E-state index in [0.717, 1.165) is 0 Å². The highest BCUT2D eigenvalue weighted by atomic mass is 35.5. The molecule has 6 nitrogen and oxygen atoms in total. The fourth-order valence-corrected chi connectivity index (χ4v) is 2.79. The van der Waals surface area contributed by atoms with E-state index in [2.05, 4.69) is 0 Å². The Bertz CT molecular complexity index is 728. The van der Waals surface area contributed by atoms with Gasteiger partial charge in [-0.1, -0.05) is 17.7 Å². The molecule has 1 atom stereocenters. The van der Waals surface area contributed by atoms with E-state index in [4.69, 9.17) is 25.5 Å². The second kappa shape index (κ2) is 6.34. The number of esters is 1. The number of hydrogen-bond acceptors (Lipinski definition) is 5. The molecular weight excluding hydrogens is 322 g/mol. The summed E-state index contributed by atoms with van der Waals surface area (Å²) in [6, 6.07) is 7.38.